The summed E-state index contributed by atoms with van der Waals surface area (Å²) >= 11 is 0. The summed E-state index contributed by atoms with van der Waals surface area (Å²) in [7, 11) is 0. The first-order valence-electron chi connectivity index (χ1n) is 9.13. The number of pyridine rings is 1. The zero-order valence-electron chi connectivity index (χ0n) is 15.6. The van der Waals surface area contributed by atoms with Gasteiger partial charge in [-0.25, -0.2) is 4.98 Å². The van der Waals surface area contributed by atoms with Crippen molar-refractivity contribution in [3.63, 3.8) is 0 Å². The number of amides is 2. The van der Waals surface area contributed by atoms with E-state index in [4.69, 9.17) is 0 Å². The van der Waals surface area contributed by atoms with Crippen LogP contribution in [0, 0.1) is 5.92 Å². The van der Waals surface area contributed by atoms with Gasteiger partial charge in [0.05, 0.1) is 0 Å². The van der Waals surface area contributed by atoms with Gasteiger partial charge in [0, 0.05) is 30.2 Å². The van der Waals surface area contributed by atoms with Gasteiger partial charge in [-0.2, -0.15) is 0 Å². The Labute approximate surface area is 158 Å². The Balaban J connectivity index is 1.58. The average Bonchev–Trinajstić information content (AvgIpc) is 3.09. The number of H-pyrrole nitrogens is 1. The van der Waals surface area contributed by atoms with Crippen molar-refractivity contribution in [2.24, 2.45) is 5.92 Å². The van der Waals surface area contributed by atoms with Gasteiger partial charge in [-0.1, -0.05) is 38.1 Å². The Morgan fingerprint density at radius 2 is 1.70 bits per heavy atom. The Kier molecular flexibility index (Phi) is 5.86. The Hall–Kier alpha value is -3.15. The van der Waals surface area contributed by atoms with Crippen LogP contribution in [0.2, 0.25) is 0 Å². The molecule has 1 aromatic carbocycles. The lowest BCUT2D eigenvalue weighted by Gasteiger charge is -2.08. The van der Waals surface area contributed by atoms with Crippen LogP contribution in [0.25, 0.3) is 10.9 Å². The maximum absolute atomic E-state index is 12.4. The normalized spacial score (nSPS) is 10.9. The lowest BCUT2D eigenvalue weighted by Crippen LogP contribution is -2.30. The van der Waals surface area contributed by atoms with Crippen molar-refractivity contribution in [2.75, 3.05) is 13.1 Å². The standard InChI is InChI=1S/C21H24N4O2/c1-14(2)12-24-21(27)19-9-5-8-18(25-19)20(26)22-11-10-15-13-23-17-7-4-3-6-16(15)17/h3-9,13-14,23H,10-12H2,1-2H3,(H,22,26)(H,24,27). The van der Waals surface area contributed by atoms with Gasteiger partial charge in [0.1, 0.15) is 11.4 Å². The molecule has 2 aromatic heterocycles. The molecule has 3 rings (SSSR count). The molecular weight excluding hydrogens is 340 g/mol. The van der Waals surface area contributed by atoms with Crippen molar-refractivity contribution in [3.8, 4) is 0 Å². The zero-order chi connectivity index (χ0) is 19.2. The number of para-hydroxylation sites is 1. The van der Waals surface area contributed by atoms with Crippen molar-refractivity contribution in [2.45, 2.75) is 20.3 Å². The number of fused-ring (bicyclic) bond motifs is 1. The number of benzene rings is 1. The van der Waals surface area contributed by atoms with E-state index < -0.39 is 0 Å². The van der Waals surface area contributed by atoms with E-state index in [0.29, 0.717) is 25.4 Å². The summed E-state index contributed by atoms with van der Waals surface area (Å²) in [6.07, 6.45) is 2.68. The number of hydrogen-bond acceptors (Lipinski definition) is 3. The highest BCUT2D eigenvalue weighted by atomic mass is 16.2. The van der Waals surface area contributed by atoms with E-state index in [-0.39, 0.29) is 23.2 Å². The molecule has 3 aromatic rings. The molecule has 6 heteroatoms. The molecule has 0 radical (unpaired) electrons. The maximum atomic E-state index is 12.4. The smallest absolute Gasteiger partial charge is 0.269 e. The second-order valence-corrected chi connectivity index (χ2v) is 6.88. The molecule has 0 aliphatic carbocycles. The molecule has 0 saturated carbocycles. The van der Waals surface area contributed by atoms with Crippen LogP contribution in [0.15, 0.2) is 48.7 Å². The zero-order valence-corrected chi connectivity index (χ0v) is 15.6. The Bertz CT molecular complexity index is 946. The number of aromatic nitrogens is 2. The number of hydrogen-bond donors (Lipinski definition) is 3. The summed E-state index contributed by atoms with van der Waals surface area (Å²) in [4.78, 5) is 31.9. The third kappa shape index (κ3) is 4.73. The Morgan fingerprint density at radius 1 is 1.00 bits per heavy atom. The third-order valence-corrected chi connectivity index (χ3v) is 4.24. The van der Waals surface area contributed by atoms with Crippen molar-refractivity contribution in [3.05, 3.63) is 65.6 Å². The van der Waals surface area contributed by atoms with E-state index >= 15 is 0 Å². The number of rotatable bonds is 7. The second-order valence-electron chi connectivity index (χ2n) is 6.88. The van der Waals surface area contributed by atoms with E-state index in [2.05, 4.69) is 26.7 Å². The molecule has 140 valence electrons. The molecule has 2 heterocycles. The average molecular weight is 364 g/mol. The van der Waals surface area contributed by atoms with Gasteiger partial charge in [0.25, 0.3) is 11.8 Å². The van der Waals surface area contributed by atoms with Crippen LogP contribution in [-0.4, -0.2) is 34.9 Å². The van der Waals surface area contributed by atoms with Gasteiger partial charge in [-0.05, 0) is 36.1 Å². The van der Waals surface area contributed by atoms with Crippen LogP contribution < -0.4 is 10.6 Å². The summed E-state index contributed by atoms with van der Waals surface area (Å²) in [6.45, 7) is 5.10. The summed E-state index contributed by atoms with van der Waals surface area (Å²) in [6, 6.07) is 13.0. The van der Waals surface area contributed by atoms with Gasteiger partial charge in [-0.3, -0.25) is 9.59 Å². The lowest BCUT2D eigenvalue weighted by atomic mass is 10.1. The van der Waals surface area contributed by atoms with Gasteiger partial charge in [0.2, 0.25) is 0 Å². The van der Waals surface area contributed by atoms with Gasteiger partial charge in [0.15, 0.2) is 0 Å². The Morgan fingerprint density at radius 3 is 2.44 bits per heavy atom. The molecule has 0 aliphatic rings. The minimum Gasteiger partial charge on any atom is -0.361 e. The molecule has 6 nitrogen and oxygen atoms in total. The number of aromatic amines is 1. The molecule has 2 amide bonds. The first-order valence-corrected chi connectivity index (χ1v) is 9.13. The van der Waals surface area contributed by atoms with E-state index in [1.165, 1.54) is 0 Å². The molecule has 0 unspecified atom stereocenters. The number of nitrogens with zero attached hydrogens (tertiary/aromatic N) is 1. The van der Waals surface area contributed by atoms with Crippen molar-refractivity contribution >= 4 is 22.7 Å². The molecule has 0 saturated heterocycles. The maximum Gasteiger partial charge on any atom is 0.269 e. The summed E-state index contributed by atoms with van der Waals surface area (Å²) in [5.41, 5.74) is 2.73. The fraction of sp³-hybridized carbons (Fsp3) is 0.286. The lowest BCUT2D eigenvalue weighted by molar-refractivity contribution is 0.0941. The summed E-state index contributed by atoms with van der Waals surface area (Å²) < 4.78 is 0. The SMILES string of the molecule is CC(C)CNC(=O)c1cccc(C(=O)NCCc2c[nH]c3ccccc23)n1. The number of carbonyl (C=O) groups excluding carboxylic acids is 2. The van der Waals surface area contributed by atoms with Gasteiger partial charge in [-0.15, -0.1) is 0 Å². The first-order chi connectivity index (χ1) is 13.0. The van der Waals surface area contributed by atoms with Gasteiger partial charge < -0.3 is 15.6 Å². The second kappa shape index (κ2) is 8.49. The van der Waals surface area contributed by atoms with Crippen LogP contribution >= 0.6 is 0 Å². The highest BCUT2D eigenvalue weighted by molar-refractivity contribution is 5.96. The van der Waals surface area contributed by atoms with Crippen molar-refractivity contribution < 1.29 is 9.59 Å². The quantitative estimate of drug-likeness (QED) is 0.602. The summed E-state index contributed by atoms with van der Waals surface area (Å²) in [5.74, 6) is -0.199. The third-order valence-electron chi connectivity index (χ3n) is 4.24. The highest BCUT2D eigenvalue weighted by Gasteiger charge is 2.12. The van der Waals surface area contributed by atoms with Crippen LogP contribution in [0.3, 0.4) is 0 Å². The topological polar surface area (TPSA) is 86.9 Å². The van der Waals surface area contributed by atoms with Crippen molar-refractivity contribution in [1.82, 2.24) is 20.6 Å². The molecule has 0 aliphatic heterocycles. The molecule has 0 bridgehead atoms. The monoisotopic (exact) mass is 364 g/mol. The minimum atomic E-state index is -0.284. The predicted octanol–water partition coefficient (Wildman–Crippen LogP) is 2.92. The molecule has 3 N–H and O–H groups in total. The van der Waals surface area contributed by atoms with E-state index in [1.807, 2.05) is 38.2 Å². The van der Waals surface area contributed by atoms with Crippen molar-refractivity contribution in [1.29, 1.82) is 0 Å². The molecule has 0 spiro atoms. The number of nitrogens with one attached hydrogen (secondary N) is 3. The minimum absolute atomic E-state index is 0.242. The largest absolute Gasteiger partial charge is 0.361 e. The molecule has 0 fully saturated rings. The fourth-order valence-corrected chi connectivity index (χ4v) is 2.81. The number of carbonyl (C=O) groups is 2. The first kappa shape index (κ1) is 18.6. The van der Waals surface area contributed by atoms with Crippen LogP contribution in [0.5, 0.6) is 0 Å². The van der Waals surface area contributed by atoms with Crippen LogP contribution in [0.4, 0.5) is 0 Å². The summed E-state index contributed by atoms with van der Waals surface area (Å²) in [5, 5.41) is 6.84. The predicted molar refractivity (Wildman–Crippen MR) is 106 cm³/mol. The fourth-order valence-electron chi connectivity index (χ4n) is 2.81. The van der Waals surface area contributed by atoms with Gasteiger partial charge >= 0.3 is 0 Å². The molecule has 0 atom stereocenters. The van der Waals surface area contributed by atoms with E-state index in [0.717, 1.165) is 16.5 Å². The van der Waals surface area contributed by atoms with E-state index in [1.54, 1.807) is 18.2 Å². The van der Waals surface area contributed by atoms with Crippen LogP contribution in [-0.2, 0) is 6.42 Å². The molecule has 27 heavy (non-hydrogen) atoms. The van der Waals surface area contributed by atoms with Crippen LogP contribution in [0.1, 0.15) is 40.4 Å². The highest BCUT2D eigenvalue weighted by Crippen LogP contribution is 2.17. The molecular formula is C21H24N4O2. The van der Waals surface area contributed by atoms with E-state index in [9.17, 15) is 9.59 Å².